The molecule has 0 unspecified atom stereocenters. The van der Waals surface area contributed by atoms with E-state index in [0.717, 1.165) is 6.08 Å². The molecule has 0 radical (unpaired) electrons. The van der Waals surface area contributed by atoms with Gasteiger partial charge in [-0.25, -0.2) is 18.6 Å². The van der Waals surface area contributed by atoms with Gasteiger partial charge in [-0.1, -0.05) is 18.2 Å². The molecule has 0 saturated heterocycles. The van der Waals surface area contributed by atoms with Crippen molar-refractivity contribution in [3.8, 4) is 0 Å². The molecule has 1 aromatic rings. The SMILES string of the molecule is CS(=O)(=O)c1ccccc1.N=C=O. The Morgan fingerprint density at radius 3 is 1.85 bits per heavy atom. The zero-order valence-corrected chi connectivity index (χ0v) is 7.84. The van der Waals surface area contributed by atoms with Crippen LogP contribution in [-0.4, -0.2) is 20.8 Å². The summed E-state index contributed by atoms with van der Waals surface area (Å²) < 4.78 is 21.7. The van der Waals surface area contributed by atoms with Crippen LogP contribution in [0.3, 0.4) is 0 Å². The third-order valence-corrected chi connectivity index (χ3v) is 2.30. The van der Waals surface area contributed by atoms with Gasteiger partial charge in [-0.15, -0.1) is 0 Å². The van der Waals surface area contributed by atoms with Crippen molar-refractivity contribution in [2.75, 3.05) is 6.26 Å². The molecule has 0 spiro atoms. The minimum absolute atomic E-state index is 0.370. The summed E-state index contributed by atoms with van der Waals surface area (Å²) in [6.45, 7) is 0. The second kappa shape index (κ2) is 5.24. The van der Waals surface area contributed by atoms with Gasteiger partial charge in [-0.3, -0.25) is 0 Å². The van der Waals surface area contributed by atoms with E-state index in [4.69, 9.17) is 10.2 Å². The lowest BCUT2D eigenvalue weighted by atomic mass is 10.4. The van der Waals surface area contributed by atoms with Gasteiger partial charge in [0, 0.05) is 6.26 Å². The van der Waals surface area contributed by atoms with E-state index in [9.17, 15) is 8.42 Å². The fourth-order valence-electron chi connectivity index (χ4n) is 0.668. The summed E-state index contributed by atoms with van der Waals surface area (Å²) in [6, 6.07) is 8.35. The van der Waals surface area contributed by atoms with Crippen LogP contribution in [-0.2, 0) is 14.6 Å². The molecule has 0 aliphatic heterocycles. The van der Waals surface area contributed by atoms with Crippen molar-refractivity contribution in [1.29, 1.82) is 5.41 Å². The van der Waals surface area contributed by atoms with Gasteiger partial charge in [-0.05, 0) is 12.1 Å². The Morgan fingerprint density at radius 2 is 1.62 bits per heavy atom. The molecule has 0 atom stereocenters. The molecule has 0 heterocycles. The monoisotopic (exact) mass is 199 g/mol. The molecular weight excluding hydrogens is 190 g/mol. The van der Waals surface area contributed by atoms with Crippen molar-refractivity contribution in [2.24, 2.45) is 0 Å². The number of hydrogen-bond donors (Lipinski definition) is 1. The highest BCUT2D eigenvalue weighted by Crippen LogP contribution is 2.05. The van der Waals surface area contributed by atoms with Crippen molar-refractivity contribution in [3.63, 3.8) is 0 Å². The second-order valence-electron chi connectivity index (χ2n) is 2.19. The normalized spacial score (nSPS) is 9.31. The maximum atomic E-state index is 10.8. The van der Waals surface area contributed by atoms with Crippen LogP contribution in [0.2, 0.25) is 0 Å². The van der Waals surface area contributed by atoms with Gasteiger partial charge in [0.05, 0.1) is 4.90 Å². The topological polar surface area (TPSA) is 75.1 Å². The van der Waals surface area contributed by atoms with Crippen LogP contribution in [0.15, 0.2) is 35.2 Å². The Morgan fingerprint density at radius 1 is 1.23 bits per heavy atom. The highest BCUT2D eigenvalue weighted by atomic mass is 32.2. The molecule has 70 valence electrons. The van der Waals surface area contributed by atoms with Crippen LogP contribution >= 0.6 is 0 Å². The Hall–Kier alpha value is -1.45. The zero-order valence-electron chi connectivity index (χ0n) is 7.02. The average Bonchev–Trinajstić information content (AvgIpc) is 2.06. The average molecular weight is 199 g/mol. The molecule has 1 aromatic carbocycles. The third kappa shape index (κ3) is 4.90. The number of nitrogens with one attached hydrogen (secondary N) is 1. The maximum absolute atomic E-state index is 10.8. The van der Waals surface area contributed by atoms with Crippen LogP contribution in [0.5, 0.6) is 0 Å². The molecule has 0 aliphatic rings. The summed E-state index contributed by atoms with van der Waals surface area (Å²) >= 11 is 0. The molecule has 0 fully saturated rings. The van der Waals surface area contributed by atoms with Gasteiger partial charge in [-0.2, -0.15) is 0 Å². The quantitative estimate of drug-likeness (QED) is 0.541. The van der Waals surface area contributed by atoms with Crippen molar-refractivity contribution in [2.45, 2.75) is 4.90 Å². The summed E-state index contributed by atoms with van der Waals surface area (Å²) in [4.78, 5) is 8.72. The summed E-state index contributed by atoms with van der Waals surface area (Å²) in [7, 11) is -3.00. The predicted molar refractivity (Wildman–Crippen MR) is 48.0 cm³/mol. The summed E-state index contributed by atoms with van der Waals surface area (Å²) in [5.74, 6) is 0. The minimum Gasteiger partial charge on any atom is -0.224 e. The first-order valence-corrected chi connectivity index (χ1v) is 5.20. The van der Waals surface area contributed by atoms with Gasteiger partial charge in [0.25, 0.3) is 0 Å². The first kappa shape index (κ1) is 11.6. The van der Waals surface area contributed by atoms with Crippen LogP contribution < -0.4 is 0 Å². The van der Waals surface area contributed by atoms with Crippen molar-refractivity contribution in [1.82, 2.24) is 0 Å². The zero-order chi connectivity index (χ0) is 10.3. The Labute approximate surface area is 76.6 Å². The molecule has 0 bridgehead atoms. The molecule has 13 heavy (non-hydrogen) atoms. The first-order chi connectivity index (χ1) is 6.02. The smallest absolute Gasteiger partial charge is 0.224 e. The van der Waals surface area contributed by atoms with Crippen LogP contribution in [0, 0.1) is 5.41 Å². The number of benzene rings is 1. The van der Waals surface area contributed by atoms with Crippen molar-refractivity contribution >= 4 is 15.9 Å². The van der Waals surface area contributed by atoms with E-state index in [-0.39, 0.29) is 0 Å². The lowest BCUT2D eigenvalue weighted by Crippen LogP contribution is -1.95. The first-order valence-electron chi connectivity index (χ1n) is 3.31. The molecular formula is C8H9NO3S. The fourth-order valence-corrected chi connectivity index (χ4v) is 1.32. The summed E-state index contributed by atoms with van der Waals surface area (Å²) in [5.41, 5.74) is 0. The number of rotatable bonds is 1. The highest BCUT2D eigenvalue weighted by Gasteiger charge is 2.02. The van der Waals surface area contributed by atoms with E-state index in [2.05, 4.69) is 0 Å². The van der Waals surface area contributed by atoms with Crippen molar-refractivity contribution in [3.05, 3.63) is 30.3 Å². The molecule has 0 saturated carbocycles. The lowest BCUT2D eigenvalue weighted by Gasteiger charge is -1.93. The van der Waals surface area contributed by atoms with E-state index in [1.807, 2.05) is 0 Å². The van der Waals surface area contributed by atoms with E-state index in [1.165, 1.54) is 6.26 Å². The van der Waals surface area contributed by atoms with E-state index in [0.29, 0.717) is 4.90 Å². The largest absolute Gasteiger partial charge is 0.231 e. The van der Waals surface area contributed by atoms with Crippen LogP contribution in [0.4, 0.5) is 0 Å². The van der Waals surface area contributed by atoms with Crippen LogP contribution in [0.1, 0.15) is 0 Å². The summed E-state index contributed by atoms with van der Waals surface area (Å²) in [5, 5.41) is 5.40. The van der Waals surface area contributed by atoms with Crippen molar-refractivity contribution < 1.29 is 13.2 Å². The molecule has 4 nitrogen and oxygen atoms in total. The van der Waals surface area contributed by atoms with Gasteiger partial charge in [0.1, 0.15) is 0 Å². The second-order valence-corrected chi connectivity index (χ2v) is 4.20. The fraction of sp³-hybridized carbons (Fsp3) is 0.125. The van der Waals surface area contributed by atoms with E-state index in [1.54, 1.807) is 30.3 Å². The molecule has 1 N–H and O–H groups in total. The standard InChI is InChI=1S/C7H8O2S.CHNO/c1-10(8,9)7-5-3-2-4-6-7;2-1-3/h2-6H,1H3;2H. The van der Waals surface area contributed by atoms with Gasteiger partial charge < -0.3 is 0 Å². The number of sulfone groups is 1. The van der Waals surface area contributed by atoms with E-state index >= 15 is 0 Å². The molecule has 5 heteroatoms. The van der Waals surface area contributed by atoms with E-state index < -0.39 is 9.84 Å². The third-order valence-electron chi connectivity index (χ3n) is 1.17. The number of hydrogen-bond acceptors (Lipinski definition) is 4. The van der Waals surface area contributed by atoms with Gasteiger partial charge >= 0.3 is 0 Å². The Kier molecular flexibility index (Phi) is 4.66. The Balaban J connectivity index is 0.000000424. The Bertz CT molecular complexity index is 377. The maximum Gasteiger partial charge on any atom is 0.231 e. The van der Waals surface area contributed by atoms with Crippen LogP contribution in [0.25, 0.3) is 0 Å². The molecule has 0 aliphatic carbocycles. The van der Waals surface area contributed by atoms with Gasteiger partial charge in [0.15, 0.2) is 9.84 Å². The van der Waals surface area contributed by atoms with Gasteiger partial charge in [0.2, 0.25) is 6.08 Å². The molecule has 1 rings (SSSR count). The molecule has 0 amide bonds. The highest BCUT2D eigenvalue weighted by molar-refractivity contribution is 7.90. The lowest BCUT2D eigenvalue weighted by molar-refractivity contribution is 0.562. The predicted octanol–water partition coefficient (Wildman–Crippen LogP) is 0.991. The number of isocyanates is 1. The molecule has 0 aromatic heterocycles. The minimum atomic E-state index is -3.00. The number of carbonyl (C=O) groups excluding carboxylic acids is 1. The summed E-state index contributed by atoms with van der Waals surface area (Å²) in [6.07, 6.45) is 1.95.